The third-order valence-corrected chi connectivity index (χ3v) is 11.0. The number of hydrogen-bond acceptors (Lipinski definition) is 7. The smallest absolute Gasteiger partial charge is 0.872 e. The van der Waals surface area contributed by atoms with Gasteiger partial charge in [-0.3, -0.25) is 4.55 Å². The van der Waals surface area contributed by atoms with Gasteiger partial charge in [0.05, 0.1) is 9.79 Å². The van der Waals surface area contributed by atoms with E-state index in [-0.39, 0.29) is 54.1 Å². The van der Waals surface area contributed by atoms with E-state index in [4.69, 9.17) is 4.55 Å². The van der Waals surface area contributed by atoms with E-state index in [1.54, 1.807) is 6.07 Å². The van der Waals surface area contributed by atoms with Crippen LogP contribution in [0.15, 0.2) is 46.2 Å². The Morgan fingerprint density at radius 2 is 0.843 bits per heavy atom. The number of aromatic hydroxyl groups is 1. The SMILES string of the molecule is CCCCCCCCCCCCCCc1ccc(S(=O)(=O)O)cc1O.CCCCCCCCCCCCCCc1ccc(S(=O)(=O)[O-])cc1[O-].[Ca+2]. The van der Waals surface area contributed by atoms with Crippen LogP contribution in [-0.4, -0.2) is 68.8 Å². The van der Waals surface area contributed by atoms with Crippen molar-refractivity contribution < 1.29 is 36.2 Å². The van der Waals surface area contributed by atoms with Gasteiger partial charge in [-0.2, -0.15) is 8.42 Å². The molecule has 2 rings (SSSR count). The maximum atomic E-state index is 11.8. The van der Waals surface area contributed by atoms with Crippen LogP contribution < -0.4 is 5.11 Å². The van der Waals surface area contributed by atoms with Crippen LogP contribution in [0.25, 0.3) is 0 Å². The molecule has 0 radical (unpaired) electrons. The first-order chi connectivity index (χ1) is 23.9. The van der Waals surface area contributed by atoms with Crippen molar-refractivity contribution in [3.8, 4) is 11.5 Å². The first-order valence-electron chi connectivity index (χ1n) is 19.4. The summed E-state index contributed by atoms with van der Waals surface area (Å²) in [7, 11) is -8.79. The summed E-state index contributed by atoms with van der Waals surface area (Å²) in [5, 5.41) is 21.7. The number of benzene rings is 2. The number of hydrogen-bond donors (Lipinski definition) is 2. The first-order valence-corrected chi connectivity index (χ1v) is 22.3. The quantitative estimate of drug-likeness (QED) is 0.0491. The molecule has 0 fully saturated rings. The van der Waals surface area contributed by atoms with E-state index >= 15 is 0 Å². The van der Waals surface area contributed by atoms with Gasteiger partial charge in [0.25, 0.3) is 10.1 Å². The Morgan fingerprint density at radius 3 is 1.18 bits per heavy atom. The number of unbranched alkanes of at least 4 members (excludes halogenated alkanes) is 22. The third-order valence-electron chi connectivity index (χ3n) is 9.28. The normalized spacial score (nSPS) is 11.5. The summed E-state index contributed by atoms with van der Waals surface area (Å²) in [6, 6.07) is 7.69. The zero-order chi connectivity index (χ0) is 37.1. The summed E-state index contributed by atoms with van der Waals surface area (Å²) in [5.74, 6) is -0.404. The molecule has 0 aliphatic carbocycles. The third kappa shape index (κ3) is 25.7. The minimum absolute atomic E-state index is 0. The van der Waals surface area contributed by atoms with Crippen molar-refractivity contribution in [1.29, 1.82) is 0 Å². The monoisotopic (exact) mass is 778 g/mol. The van der Waals surface area contributed by atoms with Gasteiger partial charge in [0.15, 0.2) is 0 Å². The predicted molar refractivity (Wildman–Crippen MR) is 207 cm³/mol. The molecular formula is C40H66CaO8S2. The Morgan fingerprint density at radius 1 is 0.510 bits per heavy atom. The van der Waals surface area contributed by atoms with E-state index in [1.165, 1.54) is 147 Å². The Bertz CT molecular complexity index is 1280. The average Bonchev–Trinajstić information content (AvgIpc) is 3.06. The second kappa shape index (κ2) is 30.4. The fourth-order valence-corrected chi connectivity index (χ4v) is 7.11. The molecule has 0 amide bonds. The van der Waals surface area contributed by atoms with Crippen molar-refractivity contribution in [2.45, 2.75) is 191 Å². The van der Waals surface area contributed by atoms with Gasteiger partial charge >= 0.3 is 37.7 Å². The van der Waals surface area contributed by atoms with E-state index in [0.29, 0.717) is 12.0 Å². The molecular weight excluding hydrogens is 713 g/mol. The van der Waals surface area contributed by atoms with Gasteiger partial charge in [-0.25, -0.2) is 8.42 Å². The van der Waals surface area contributed by atoms with Gasteiger partial charge in [0.1, 0.15) is 15.9 Å². The molecule has 0 atom stereocenters. The second-order valence-corrected chi connectivity index (χ2v) is 16.6. The zero-order valence-electron chi connectivity index (χ0n) is 31.7. The minimum atomic E-state index is -4.54. The van der Waals surface area contributed by atoms with Crippen LogP contribution in [0.3, 0.4) is 0 Å². The molecule has 51 heavy (non-hydrogen) atoms. The van der Waals surface area contributed by atoms with Crippen LogP contribution in [0, 0.1) is 0 Å². The van der Waals surface area contributed by atoms with Crippen molar-refractivity contribution in [3.05, 3.63) is 47.5 Å². The van der Waals surface area contributed by atoms with E-state index in [1.807, 2.05) is 0 Å². The van der Waals surface area contributed by atoms with Gasteiger partial charge in [0, 0.05) is 6.07 Å². The Balaban J connectivity index is 0.000000962. The molecule has 0 bridgehead atoms. The van der Waals surface area contributed by atoms with Crippen LogP contribution in [-0.2, 0) is 33.1 Å². The van der Waals surface area contributed by atoms with Gasteiger partial charge in [-0.05, 0) is 43.4 Å². The summed E-state index contributed by atoms with van der Waals surface area (Å²) in [6.45, 7) is 4.49. The first kappa shape index (κ1) is 50.1. The number of rotatable bonds is 28. The van der Waals surface area contributed by atoms with Crippen molar-refractivity contribution in [2.24, 2.45) is 0 Å². The van der Waals surface area contributed by atoms with Crippen LogP contribution in [0.2, 0.25) is 0 Å². The molecule has 0 spiro atoms. The van der Waals surface area contributed by atoms with E-state index in [9.17, 15) is 31.6 Å². The van der Waals surface area contributed by atoms with Crippen molar-refractivity contribution >= 4 is 58.0 Å². The topological polar surface area (TPSA) is 155 Å². The van der Waals surface area contributed by atoms with Gasteiger partial charge in [-0.15, -0.1) is 5.75 Å². The molecule has 0 aliphatic heterocycles. The largest absolute Gasteiger partial charge is 2.00 e. The van der Waals surface area contributed by atoms with Crippen molar-refractivity contribution in [2.75, 3.05) is 0 Å². The summed E-state index contributed by atoms with van der Waals surface area (Å²) in [6.07, 6.45) is 31.9. The van der Waals surface area contributed by atoms with Crippen molar-refractivity contribution in [3.63, 3.8) is 0 Å². The molecule has 2 aromatic carbocycles. The summed E-state index contributed by atoms with van der Waals surface area (Å²) in [5.41, 5.74) is 1.33. The molecule has 0 saturated heterocycles. The van der Waals surface area contributed by atoms with Gasteiger partial charge < -0.3 is 14.8 Å². The molecule has 0 unspecified atom stereocenters. The molecule has 0 aromatic heterocycles. The molecule has 2 N–H and O–H groups in total. The fourth-order valence-electron chi connectivity index (χ4n) is 6.13. The average molecular weight is 779 g/mol. The van der Waals surface area contributed by atoms with Gasteiger partial charge in [0.2, 0.25) is 0 Å². The standard InChI is InChI=1S/2C20H34O4S.Ca/c2*1-2-3-4-5-6-7-8-9-10-11-12-13-14-18-15-16-19(17-20(18)21)25(22,23)24;/h2*15-17,21H,2-14H2,1H3,(H,22,23,24);/q;;+2/p-2. The van der Waals surface area contributed by atoms with Crippen LogP contribution in [0.1, 0.15) is 179 Å². The van der Waals surface area contributed by atoms with Gasteiger partial charge in [-0.1, -0.05) is 179 Å². The number of phenolic OH excluding ortho intramolecular Hbond substituents is 1. The molecule has 0 aliphatic rings. The minimum Gasteiger partial charge on any atom is -0.872 e. The second-order valence-electron chi connectivity index (χ2n) is 13.8. The molecule has 2 aromatic rings. The van der Waals surface area contributed by atoms with Crippen LogP contribution >= 0.6 is 0 Å². The fraction of sp³-hybridized carbons (Fsp3) is 0.700. The zero-order valence-corrected chi connectivity index (χ0v) is 35.6. The Kier molecular flexibility index (Phi) is 29.9. The van der Waals surface area contributed by atoms with E-state index in [2.05, 4.69) is 13.8 Å². The molecule has 0 saturated carbocycles. The summed E-state index contributed by atoms with van der Waals surface area (Å²) >= 11 is 0. The Labute approximate surface area is 341 Å². The Hall–Kier alpha value is -0.880. The maximum Gasteiger partial charge on any atom is 2.00 e. The van der Waals surface area contributed by atoms with Crippen LogP contribution in [0.5, 0.6) is 11.5 Å². The molecule has 8 nitrogen and oxygen atoms in total. The summed E-state index contributed by atoms with van der Waals surface area (Å²) < 4.78 is 63.6. The maximum absolute atomic E-state index is 11.8. The number of aryl methyl sites for hydroxylation is 2. The molecule has 288 valence electrons. The molecule has 11 heteroatoms. The van der Waals surface area contributed by atoms with Crippen LogP contribution in [0.4, 0.5) is 0 Å². The van der Waals surface area contributed by atoms with E-state index < -0.39 is 25.1 Å². The molecule has 0 heterocycles. The number of phenols is 1. The predicted octanol–water partition coefficient (Wildman–Crippen LogP) is 10.4. The van der Waals surface area contributed by atoms with E-state index in [0.717, 1.165) is 49.8 Å². The van der Waals surface area contributed by atoms with Crippen molar-refractivity contribution in [1.82, 2.24) is 0 Å². The summed E-state index contributed by atoms with van der Waals surface area (Å²) in [4.78, 5) is -0.695.